The molecule has 0 fully saturated rings. The summed E-state index contributed by atoms with van der Waals surface area (Å²) in [5.41, 5.74) is 2.57. The highest BCUT2D eigenvalue weighted by atomic mass is 127. The zero-order valence-corrected chi connectivity index (χ0v) is 19.4. The van der Waals surface area contributed by atoms with Gasteiger partial charge in [-0.2, -0.15) is 4.39 Å². The molecule has 3 rings (SSSR count). The molecule has 2 N–H and O–H groups in total. The molecule has 1 atom stereocenters. The van der Waals surface area contributed by atoms with Crippen LogP contribution in [0.2, 0.25) is 0 Å². The molecule has 156 valence electrons. The Morgan fingerprint density at radius 1 is 1.14 bits per heavy atom. The van der Waals surface area contributed by atoms with Crippen molar-refractivity contribution in [3.8, 4) is 0 Å². The average molecular weight is 552 g/mol. The molecule has 0 radical (unpaired) electrons. The minimum Gasteiger partial charge on any atom is -0.349 e. The van der Waals surface area contributed by atoms with E-state index in [0.717, 1.165) is 21.1 Å². The molecule has 3 aromatic rings. The molecule has 2 heterocycles. The Labute approximate surface area is 194 Å². The first-order chi connectivity index (χ1) is 13.1. The van der Waals surface area contributed by atoms with Gasteiger partial charge in [-0.3, -0.25) is 9.78 Å². The number of nitrogens with zero attached hydrogens (tertiary/aromatic N) is 3. The number of nitrogens with one attached hydrogen (secondary N) is 2. The Morgan fingerprint density at radius 3 is 2.66 bits per heavy atom. The molecule has 6 nitrogen and oxygen atoms in total. The van der Waals surface area contributed by atoms with Crippen LogP contribution in [0.25, 0.3) is 11.0 Å². The summed E-state index contributed by atoms with van der Waals surface area (Å²) in [7, 11) is 0. The van der Waals surface area contributed by atoms with Crippen LogP contribution in [0.5, 0.6) is 0 Å². The maximum atomic E-state index is 13.3. The highest BCUT2D eigenvalue weighted by Gasteiger charge is 2.11. The van der Waals surface area contributed by atoms with Gasteiger partial charge in [-0.05, 0) is 64.9 Å². The normalized spacial score (nSPS) is 11.3. The van der Waals surface area contributed by atoms with E-state index in [-0.39, 0.29) is 42.5 Å². The van der Waals surface area contributed by atoms with Crippen LogP contribution in [0.3, 0.4) is 0 Å². The fourth-order valence-corrected chi connectivity index (χ4v) is 3.21. The van der Waals surface area contributed by atoms with Crippen LogP contribution < -0.4 is 10.6 Å². The van der Waals surface area contributed by atoms with Gasteiger partial charge in [0.15, 0.2) is 0 Å². The number of rotatable bonds is 7. The Morgan fingerprint density at radius 2 is 1.93 bits per heavy atom. The van der Waals surface area contributed by atoms with Crippen molar-refractivity contribution in [2.75, 3.05) is 13.1 Å². The van der Waals surface area contributed by atoms with Gasteiger partial charge in [0, 0.05) is 28.9 Å². The highest BCUT2D eigenvalue weighted by Crippen LogP contribution is 2.16. The summed E-state index contributed by atoms with van der Waals surface area (Å²) in [6.07, 6.45) is 3.73. The molecule has 0 aliphatic heterocycles. The number of aromatic nitrogens is 3. The Balaban J connectivity index is 0.00000210. The number of hydrogen-bond acceptors (Lipinski definition) is 5. The minimum atomic E-state index is -0.495. The summed E-state index contributed by atoms with van der Waals surface area (Å²) >= 11 is 2.21. The molecule has 0 spiro atoms. The van der Waals surface area contributed by atoms with Gasteiger partial charge >= 0.3 is 0 Å². The maximum absolute atomic E-state index is 13.3. The molecule has 0 bridgehead atoms. The lowest BCUT2D eigenvalue weighted by Crippen LogP contribution is -2.34. The summed E-state index contributed by atoms with van der Waals surface area (Å²) in [6.45, 7) is 2.99. The van der Waals surface area contributed by atoms with E-state index in [4.69, 9.17) is 0 Å². The molecule has 29 heavy (non-hydrogen) atoms. The maximum Gasteiger partial charge on any atom is 0.271 e. The number of carbonyl (C=O) groups excluding carboxylic acids is 1. The smallest absolute Gasteiger partial charge is 0.271 e. The van der Waals surface area contributed by atoms with Gasteiger partial charge in [-0.1, -0.05) is 6.92 Å². The van der Waals surface area contributed by atoms with Crippen molar-refractivity contribution in [1.29, 1.82) is 0 Å². The fraction of sp³-hybridized carbons (Fsp3) is 0.263. The predicted octanol–water partition coefficient (Wildman–Crippen LogP) is 4.08. The Kier molecular flexibility index (Phi) is 10.7. The molecule has 1 unspecified atom stereocenters. The van der Waals surface area contributed by atoms with E-state index in [0.29, 0.717) is 18.6 Å². The van der Waals surface area contributed by atoms with Crippen LogP contribution >= 0.6 is 47.4 Å². The van der Waals surface area contributed by atoms with Gasteiger partial charge in [0.05, 0.1) is 17.2 Å². The molecule has 0 aliphatic carbocycles. The van der Waals surface area contributed by atoms with Crippen molar-refractivity contribution in [2.24, 2.45) is 0 Å². The van der Waals surface area contributed by atoms with Crippen molar-refractivity contribution in [3.05, 3.63) is 63.5 Å². The van der Waals surface area contributed by atoms with E-state index in [9.17, 15) is 9.18 Å². The first-order valence-corrected chi connectivity index (χ1v) is 9.70. The zero-order valence-electron chi connectivity index (χ0n) is 15.6. The average Bonchev–Trinajstić information content (AvgIpc) is 2.67. The van der Waals surface area contributed by atoms with Gasteiger partial charge in [0.1, 0.15) is 5.69 Å². The first kappa shape index (κ1) is 25.4. The molecule has 0 saturated carbocycles. The van der Waals surface area contributed by atoms with Crippen molar-refractivity contribution in [1.82, 2.24) is 25.6 Å². The molecular formula is C19H21Cl2FIN5O. The summed E-state index contributed by atoms with van der Waals surface area (Å²) in [5, 5.41) is 6.14. The van der Waals surface area contributed by atoms with E-state index in [1.165, 1.54) is 18.5 Å². The van der Waals surface area contributed by atoms with Crippen LogP contribution in [0.15, 0.2) is 42.7 Å². The Hall–Kier alpha value is -1.62. The van der Waals surface area contributed by atoms with Crippen LogP contribution in [0.4, 0.5) is 4.39 Å². The molecule has 1 amide bonds. The lowest BCUT2D eigenvalue weighted by atomic mass is 10.1. The summed E-state index contributed by atoms with van der Waals surface area (Å²) in [6, 6.07) is 8.90. The van der Waals surface area contributed by atoms with Crippen LogP contribution in [0.1, 0.15) is 35.4 Å². The molecular weight excluding hydrogens is 531 g/mol. The fourth-order valence-electron chi connectivity index (χ4n) is 2.74. The van der Waals surface area contributed by atoms with Gasteiger partial charge in [0.25, 0.3) is 5.91 Å². The molecule has 10 heteroatoms. The summed E-state index contributed by atoms with van der Waals surface area (Å²) in [5.74, 6) is -0.765. The summed E-state index contributed by atoms with van der Waals surface area (Å²) in [4.78, 5) is 24.5. The van der Waals surface area contributed by atoms with E-state index in [1.54, 1.807) is 6.07 Å². The number of halogens is 4. The van der Waals surface area contributed by atoms with E-state index in [1.807, 2.05) is 25.1 Å². The Bertz CT molecular complexity index is 963. The number of benzene rings is 1. The van der Waals surface area contributed by atoms with Crippen molar-refractivity contribution in [3.63, 3.8) is 0 Å². The third-order valence-electron chi connectivity index (χ3n) is 4.10. The monoisotopic (exact) mass is 551 g/mol. The lowest BCUT2D eigenvalue weighted by molar-refractivity contribution is 0.0948. The standard InChI is InChI=1S/C19H19FIN5O.2ClH/c1-2-14(12-5-6-23-18(20)9-12)22-7-8-24-19(27)17-11-25-16-10-13(21)3-4-15(16)26-17;;/h3-6,9-11,14,22H,2,7-8H2,1H3,(H,24,27);2*1H. The lowest BCUT2D eigenvalue weighted by Gasteiger charge is -2.17. The first-order valence-electron chi connectivity index (χ1n) is 8.62. The van der Waals surface area contributed by atoms with E-state index >= 15 is 0 Å². The van der Waals surface area contributed by atoms with Crippen molar-refractivity contribution >= 4 is 64.3 Å². The van der Waals surface area contributed by atoms with E-state index in [2.05, 4.69) is 48.2 Å². The number of carbonyl (C=O) groups is 1. The van der Waals surface area contributed by atoms with Gasteiger partial charge in [-0.15, -0.1) is 24.8 Å². The number of pyridine rings is 1. The molecule has 0 aliphatic rings. The second kappa shape index (κ2) is 12.2. The SMILES string of the molecule is CCC(NCCNC(=O)c1cnc2cc(I)ccc2n1)c1ccnc(F)c1.Cl.Cl. The molecule has 0 saturated heterocycles. The number of amides is 1. The predicted molar refractivity (Wildman–Crippen MR) is 124 cm³/mol. The van der Waals surface area contributed by atoms with E-state index < -0.39 is 5.95 Å². The molecule has 1 aromatic carbocycles. The third kappa shape index (κ3) is 6.98. The van der Waals surface area contributed by atoms with Crippen molar-refractivity contribution in [2.45, 2.75) is 19.4 Å². The topological polar surface area (TPSA) is 79.8 Å². The second-order valence-corrected chi connectivity index (χ2v) is 7.22. The van der Waals surface area contributed by atoms with Crippen LogP contribution in [-0.4, -0.2) is 33.9 Å². The largest absolute Gasteiger partial charge is 0.349 e. The highest BCUT2D eigenvalue weighted by molar-refractivity contribution is 14.1. The van der Waals surface area contributed by atoms with Gasteiger partial charge in [-0.25, -0.2) is 9.97 Å². The molecule has 2 aromatic heterocycles. The minimum absolute atomic E-state index is 0. The van der Waals surface area contributed by atoms with Crippen LogP contribution in [0, 0.1) is 9.52 Å². The summed E-state index contributed by atoms with van der Waals surface area (Å²) < 4.78 is 14.3. The zero-order chi connectivity index (χ0) is 19.2. The quantitative estimate of drug-likeness (QED) is 0.263. The van der Waals surface area contributed by atoms with Gasteiger partial charge < -0.3 is 10.6 Å². The third-order valence-corrected chi connectivity index (χ3v) is 4.77. The van der Waals surface area contributed by atoms with Crippen LogP contribution in [-0.2, 0) is 0 Å². The number of hydrogen-bond donors (Lipinski definition) is 2. The second-order valence-electron chi connectivity index (χ2n) is 5.97. The number of fused-ring (bicyclic) bond motifs is 1. The van der Waals surface area contributed by atoms with Gasteiger partial charge in [0.2, 0.25) is 5.95 Å². The van der Waals surface area contributed by atoms with Crippen molar-refractivity contribution < 1.29 is 9.18 Å².